The molecule has 0 fully saturated rings. The van der Waals surface area contributed by atoms with E-state index in [-0.39, 0.29) is 5.91 Å². The van der Waals surface area contributed by atoms with E-state index in [0.717, 1.165) is 30.9 Å². The van der Waals surface area contributed by atoms with Gasteiger partial charge in [0.1, 0.15) is 0 Å². The number of carbonyl (C=O) groups is 1. The summed E-state index contributed by atoms with van der Waals surface area (Å²) in [5, 5.41) is 6.24. The number of carbonyl (C=O) groups excluding carboxylic acids is 1. The van der Waals surface area contributed by atoms with Gasteiger partial charge in [-0.2, -0.15) is 0 Å². The molecule has 0 saturated heterocycles. The molecule has 0 spiro atoms. The Morgan fingerprint density at radius 2 is 1.95 bits per heavy atom. The van der Waals surface area contributed by atoms with Crippen LogP contribution in [0.4, 0.5) is 5.69 Å². The Morgan fingerprint density at radius 1 is 1.19 bits per heavy atom. The van der Waals surface area contributed by atoms with E-state index >= 15 is 0 Å². The third-order valence-corrected chi connectivity index (χ3v) is 3.22. The average molecular weight is 283 g/mol. The summed E-state index contributed by atoms with van der Waals surface area (Å²) < 4.78 is 0. The van der Waals surface area contributed by atoms with Crippen LogP contribution in [0.1, 0.15) is 35.0 Å². The molecule has 0 atom stereocenters. The van der Waals surface area contributed by atoms with Crippen molar-refractivity contribution >= 4 is 11.6 Å². The predicted octanol–water partition coefficient (Wildman–Crippen LogP) is 3.14. The van der Waals surface area contributed by atoms with Gasteiger partial charge in [0.25, 0.3) is 5.91 Å². The van der Waals surface area contributed by atoms with Crippen molar-refractivity contribution < 1.29 is 4.79 Å². The summed E-state index contributed by atoms with van der Waals surface area (Å²) in [7, 11) is 0. The number of aromatic nitrogens is 1. The number of hydrogen-bond acceptors (Lipinski definition) is 3. The maximum atomic E-state index is 12.2. The van der Waals surface area contributed by atoms with Crippen molar-refractivity contribution in [3.05, 3.63) is 59.4 Å². The molecule has 0 aliphatic rings. The van der Waals surface area contributed by atoms with Crippen molar-refractivity contribution in [2.24, 2.45) is 0 Å². The monoisotopic (exact) mass is 283 g/mol. The van der Waals surface area contributed by atoms with Gasteiger partial charge in [0.05, 0.1) is 5.56 Å². The van der Waals surface area contributed by atoms with Gasteiger partial charge in [-0.15, -0.1) is 0 Å². The molecule has 0 aliphatic carbocycles. The lowest BCUT2D eigenvalue weighted by Gasteiger charge is -2.08. The van der Waals surface area contributed by atoms with E-state index < -0.39 is 0 Å². The summed E-state index contributed by atoms with van der Waals surface area (Å²) in [5.41, 5.74) is 3.34. The quantitative estimate of drug-likeness (QED) is 0.801. The van der Waals surface area contributed by atoms with E-state index in [0.29, 0.717) is 5.56 Å². The molecule has 0 radical (unpaired) electrons. The van der Waals surface area contributed by atoms with Crippen LogP contribution in [-0.2, 0) is 6.54 Å². The normalized spacial score (nSPS) is 10.4. The van der Waals surface area contributed by atoms with E-state index in [1.54, 1.807) is 18.3 Å². The number of aryl methyl sites for hydroxylation is 1. The fourth-order valence-corrected chi connectivity index (χ4v) is 2.04. The predicted molar refractivity (Wildman–Crippen MR) is 85.4 cm³/mol. The fraction of sp³-hybridized carbons (Fsp3) is 0.294. The molecule has 0 aliphatic heterocycles. The molecule has 1 aromatic heterocycles. The second-order valence-corrected chi connectivity index (χ2v) is 4.96. The van der Waals surface area contributed by atoms with Crippen LogP contribution < -0.4 is 10.6 Å². The van der Waals surface area contributed by atoms with Crippen LogP contribution in [0.15, 0.2) is 42.6 Å². The lowest BCUT2D eigenvalue weighted by molar-refractivity contribution is 0.102. The number of anilines is 1. The van der Waals surface area contributed by atoms with Crippen LogP contribution in [0.25, 0.3) is 0 Å². The number of pyridine rings is 1. The van der Waals surface area contributed by atoms with Gasteiger partial charge in [-0.25, -0.2) is 0 Å². The van der Waals surface area contributed by atoms with Crippen LogP contribution in [0.5, 0.6) is 0 Å². The largest absolute Gasteiger partial charge is 0.322 e. The highest BCUT2D eigenvalue weighted by Crippen LogP contribution is 2.12. The third-order valence-electron chi connectivity index (χ3n) is 3.22. The number of hydrogen-bond donors (Lipinski definition) is 2. The van der Waals surface area contributed by atoms with Gasteiger partial charge in [0.15, 0.2) is 0 Å². The van der Waals surface area contributed by atoms with Gasteiger partial charge in [-0.1, -0.05) is 19.1 Å². The Labute approximate surface area is 125 Å². The van der Waals surface area contributed by atoms with Gasteiger partial charge in [-0.3, -0.25) is 9.78 Å². The SMILES string of the molecule is CCCNCc1ccc(NC(=O)c2cccnc2C)cc1. The van der Waals surface area contributed by atoms with Gasteiger partial charge in [0.2, 0.25) is 0 Å². The van der Waals surface area contributed by atoms with Crippen molar-refractivity contribution in [2.75, 3.05) is 11.9 Å². The van der Waals surface area contributed by atoms with Crippen LogP contribution >= 0.6 is 0 Å². The molecule has 1 heterocycles. The summed E-state index contributed by atoms with van der Waals surface area (Å²) in [4.78, 5) is 16.3. The standard InChI is InChI=1S/C17H21N3O/c1-3-10-18-12-14-6-8-15(9-7-14)20-17(21)16-5-4-11-19-13(16)2/h4-9,11,18H,3,10,12H2,1-2H3,(H,20,21). The Bertz CT molecular complexity index is 593. The number of nitrogens with zero attached hydrogens (tertiary/aromatic N) is 1. The number of amides is 1. The van der Waals surface area contributed by atoms with Crippen molar-refractivity contribution in [1.82, 2.24) is 10.3 Å². The summed E-state index contributed by atoms with van der Waals surface area (Å²) >= 11 is 0. The highest BCUT2D eigenvalue weighted by atomic mass is 16.1. The minimum absolute atomic E-state index is 0.127. The van der Waals surface area contributed by atoms with Crippen molar-refractivity contribution in [2.45, 2.75) is 26.8 Å². The van der Waals surface area contributed by atoms with E-state index in [4.69, 9.17) is 0 Å². The first-order valence-corrected chi connectivity index (χ1v) is 7.23. The Balaban J connectivity index is 1.97. The Morgan fingerprint density at radius 3 is 2.62 bits per heavy atom. The maximum Gasteiger partial charge on any atom is 0.257 e. The minimum atomic E-state index is -0.127. The number of rotatable bonds is 6. The van der Waals surface area contributed by atoms with Crippen LogP contribution in [0.3, 0.4) is 0 Å². The zero-order chi connectivity index (χ0) is 15.1. The van der Waals surface area contributed by atoms with Crippen molar-refractivity contribution in [3.63, 3.8) is 0 Å². The molecule has 0 saturated carbocycles. The Kier molecular flexibility index (Phi) is 5.46. The second-order valence-electron chi connectivity index (χ2n) is 4.96. The lowest BCUT2D eigenvalue weighted by Crippen LogP contribution is -2.15. The highest BCUT2D eigenvalue weighted by Gasteiger charge is 2.09. The molecule has 2 rings (SSSR count). The van der Waals surface area contributed by atoms with E-state index in [2.05, 4.69) is 22.5 Å². The van der Waals surface area contributed by atoms with Crippen LogP contribution in [-0.4, -0.2) is 17.4 Å². The number of nitrogens with one attached hydrogen (secondary N) is 2. The molecule has 0 unspecified atom stereocenters. The van der Waals surface area contributed by atoms with E-state index in [1.165, 1.54) is 5.56 Å². The average Bonchev–Trinajstić information content (AvgIpc) is 2.49. The topological polar surface area (TPSA) is 54.0 Å². The first-order chi connectivity index (χ1) is 10.2. The molecule has 4 nitrogen and oxygen atoms in total. The smallest absolute Gasteiger partial charge is 0.257 e. The molecule has 1 aromatic carbocycles. The van der Waals surface area contributed by atoms with E-state index in [1.807, 2.05) is 31.2 Å². The van der Waals surface area contributed by atoms with Gasteiger partial charge >= 0.3 is 0 Å². The summed E-state index contributed by atoms with van der Waals surface area (Å²) in [6.45, 7) is 5.84. The van der Waals surface area contributed by atoms with Gasteiger partial charge in [0, 0.05) is 24.1 Å². The molecule has 110 valence electrons. The zero-order valence-electron chi connectivity index (χ0n) is 12.5. The minimum Gasteiger partial charge on any atom is -0.322 e. The van der Waals surface area contributed by atoms with Gasteiger partial charge < -0.3 is 10.6 Å². The first-order valence-electron chi connectivity index (χ1n) is 7.23. The van der Waals surface area contributed by atoms with Crippen molar-refractivity contribution in [1.29, 1.82) is 0 Å². The van der Waals surface area contributed by atoms with E-state index in [9.17, 15) is 4.79 Å². The molecule has 2 aromatic rings. The molecule has 0 bridgehead atoms. The molecule has 21 heavy (non-hydrogen) atoms. The molecule has 4 heteroatoms. The summed E-state index contributed by atoms with van der Waals surface area (Å²) in [5.74, 6) is -0.127. The fourth-order valence-electron chi connectivity index (χ4n) is 2.04. The third kappa shape index (κ3) is 4.39. The summed E-state index contributed by atoms with van der Waals surface area (Å²) in [6, 6.07) is 11.4. The number of benzene rings is 1. The van der Waals surface area contributed by atoms with Crippen molar-refractivity contribution in [3.8, 4) is 0 Å². The second kappa shape index (κ2) is 7.55. The lowest BCUT2D eigenvalue weighted by atomic mass is 10.1. The first kappa shape index (κ1) is 15.2. The summed E-state index contributed by atoms with van der Waals surface area (Å²) in [6.07, 6.45) is 2.81. The zero-order valence-corrected chi connectivity index (χ0v) is 12.5. The molecular formula is C17H21N3O. The Hall–Kier alpha value is -2.20. The van der Waals surface area contributed by atoms with Gasteiger partial charge in [-0.05, 0) is 49.7 Å². The molecular weight excluding hydrogens is 262 g/mol. The molecule has 2 N–H and O–H groups in total. The maximum absolute atomic E-state index is 12.2. The van der Waals surface area contributed by atoms with Crippen LogP contribution in [0, 0.1) is 6.92 Å². The molecule has 1 amide bonds. The van der Waals surface area contributed by atoms with Crippen LogP contribution in [0.2, 0.25) is 0 Å². The highest BCUT2D eigenvalue weighted by molar-refractivity contribution is 6.04.